The molecule has 0 saturated heterocycles. The first-order chi connectivity index (χ1) is 8.79. The van der Waals surface area contributed by atoms with Gasteiger partial charge in [0.15, 0.2) is 0 Å². The molecule has 0 radical (unpaired) electrons. The maximum atomic E-state index is 12.0. The van der Waals surface area contributed by atoms with E-state index in [9.17, 15) is 4.79 Å². The summed E-state index contributed by atoms with van der Waals surface area (Å²) in [5.41, 5.74) is 3.48. The van der Waals surface area contributed by atoms with Crippen LogP contribution in [0, 0.1) is 5.92 Å². The minimum Gasteiger partial charge on any atom is -0.351 e. The molecule has 0 bridgehead atoms. The van der Waals surface area contributed by atoms with Gasteiger partial charge in [-0.2, -0.15) is 0 Å². The van der Waals surface area contributed by atoms with Gasteiger partial charge in [-0.1, -0.05) is 31.9 Å². The van der Waals surface area contributed by atoms with Crippen LogP contribution in [0.5, 0.6) is 0 Å². The third-order valence-electron chi connectivity index (χ3n) is 4.62. The summed E-state index contributed by atoms with van der Waals surface area (Å²) in [6.07, 6.45) is 6.37. The normalized spacial score (nSPS) is 23.8. The van der Waals surface area contributed by atoms with Crippen molar-refractivity contribution in [1.29, 1.82) is 0 Å². The Bertz CT molecular complexity index is 460. The van der Waals surface area contributed by atoms with Gasteiger partial charge in [0.1, 0.15) is 0 Å². The van der Waals surface area contributed by atoms with Crippen molar-refractivity contribution in [1.82, 2.24) is 5.32 Å². The lowest BCUT2D eigenvalue weighted by atomic mass is 9.80. The Hall–Kier alpha value is -1.31. The fourth-order valence-corrected chi connectivity index (χ4v) is 3.53. The monoisotopic (exact) mass is 243 g/mol. The van der Waals surface area contributed by atoms with Crippen LogP contribution in [-0.2, 0) is 6.42 Å². The summed E-state index contributed by atoms with van der Waals surface area (Å²) in [5, 5.41) is 3.08. The maximum absolute atomic E-state index is 12.0. The van der Waals surface area contributed by atoms with E-state index in [0.29, 0.717) is 5.92 Å². The highest BCUT2D eigenvalue weighted by molar-refractivity contribution is 5.97. The molecule has 1 aliphatic carbocycles. The fraction of sp³-hybridized carbons (Fsp3) is 0.562. The average molecular weight is 243 g/mol. The molecule has 1 aliphatic heterocycles. The van der Waals surface area contributed by atoms with Gasteiger partial charge in [-0.15, -0.1) is 0 Å². The molecule has 2 aliphatic rings. The van der Waals surface area contributed by atoms with Crippen LogP contribution in [0.2, 0.25) is 0 Å². The van der Waals surface area contributed by atoms with Gasteiger partial charge in [-0.3, -0.25) is 4.79 Å². The van der Waals surface area contributed by atoms with Crippen LogP contribution < -0.4 is 5.32 Å². The predicted molar refractivity (Wildman–Crippen MR) is 72.9 cm³/mol. The molecule has 0 aromatic heterocycles. The Kier molecular flexibility index (Phi) is 3.11. The van der Waals surface area contributed by atoms with E-state index in [2.05, 4.69) is 30.4 Å². The van der Waals surface area contributed by atoms with E-state index in [-0.39, 0.29) is 5.91 Å². The van der Waals surface area contributed by atoms with Crippen LogP contribution in [0.4, 0.5) is 0 Å². The molecule has 1 atom stereocenters. The number of aryl methyl sites for hydroxylation is 1. The van der Waals surface area contributed by atoms with Gasteiger partial charge in [-0.25, -0.2) is 0 Å². The van der Waals surface area contributed by atoms with E-state index < -0.39 is 0 Å². The van der Waals surface area contributed by atoms with Crippen LogP contribution >= 0.6 is 0 Å². The maximum Gasteiger partial charge on any atom is 0.251 e. The molecule has 1 amide bonds. The minimum absolute atomic E-state index is 0.120. The molecule has 96 valence electrons. The summed E-state index contributed by atoms with van der Waals surface area (Å²) in [5.74, 6) is 1.44. The van der Waals surface area contributed by atoms with Crippen molar-refractivity contribution in [3.05, 3.63) is 34.9 Å². The predicted octanol–water partition coefficient (Wildman–Crippen LogP) is 3.27. The van der Waals surface area contributed by atoms with Crippen LogP contribution in [0.3, 0.4) is 0 Å². The molecule has 1 fully saturated rings. The summed E-state index contributed by atoms with van der Waals surface area (Å²) in [7, 11) is 0. The van der Waals surface area contributed by atoms with Crippen molar-refractivity contribution in [2.75, 3.05) is 6.54 Å². The number of carbonyl (C=O) groups excluding carboxylic acids is 1. The van der Waals surface area contributed by atoms with Crippen molar-refractivity contribution in [2.45, 2.75) is 44.9 Å². The van der Waals surface area contributed by atoms with Crippen LogP contribution in [-0.4, -0.2) is 12.5 Å². The third kappa shape index (κ3) is 1.94. The molecule has 1 N–H and O–H groups in total. The Balaban J connectivity index is 1.97. The molecule has 3 rings (SSSR count). The first-order valence-corrected chi connectivity index (χ1v) is 7.20. The Morgan fingerprint density at radius 3 is 2.78 bits per heavy atom. The average Bonchev–Trinajstić information content (AvgIpc) is 2.93. The smallest absolute Gasteiger partial charge is 0.251 e. The van der Waals surface area contributed by atoms with E-state index in [0.717, 1.165) is 24.4 Å². The summed E-state index contributed by atoms with van der Waals surface area (Å²) in [4.78, 5) is 12.0. The summed E-state index contributed by atoms with van der Waals surface area (Å²) in [6.45, 7) is 2.97. The second-order valence-corrected chi connectivity index (χ2v) is 5.64. The molecular weight excluding hydrogens is 222 g/mol. The first-order valence-electron chi connectivity index (χ1n) is 7.20. The van der Waals surface area contributed by atoms with Crippen molar-refractivity contribution in [3.63, 3.8) is 0 Å². The number of rotatable bonds is 2. The largest absolute Gasteiger partial charge is 0.351 e. The highest BCUT2D eigenvalue weighted by Crippen LogP contribution is 2.39. The van der Waals surface area contributed by atoms with Gasteiger partial charge in [0, 0.05) is 18.0 Å². The van der Waals surface area contributed by atoms with E-state index >= 15 is 0 Å². The van der Waals surface area contributed by atoms with E-state index in [1.165, 1.54) is 36.8 Å². The Morgan fingerprint density at radius 2 is 2.06 bits per heavy atom. The van der Waals surface area contributed by atoms with E-state index in [1.807, 2.05) is 0 Å². The molecule has 0 spiro atoms. The van der Waals surface area contributed by atoms with Gasteiger partial charge >= 0.3 is 0 Å². The van der Waals surface area contributed by atoms with E-state index in [4.69, 9.17) is 0 Å². The topological polar surface area (TPSA) is 29.1 Å². The summed E-state index contributed by atoms with van der Waals surface area (Å²) in [6, 6.07) is 6.49. The first kappa shape index (κ1) is 11.8. The molecule has 18 heavy (non-hydrogen) atoms. The van der Waals surface area contributed by atoms with Crippen molar-refractivity contribution < 1.29 is 4.79 Å². The van der Waals surface area contributed by atoms with Gasteiger partial charge < -0.3 is 5.32 Å². The lowest BCUT2D eigenvalue weighted by Crippen LogP contribution is -2.37. The molecular formula is C16H21NO. The molecule has 1 unspecified atom stereocenters. The van der Waals surface area contributed by atoms with E-state index in [1.54, 1.807) is 0 Å². The quantitative estimate of drug-likeness (QED) is 0.848. The number of nitrogens with one attached hydrogen (secondary N) is 1. The lowest BCUT2D eigenvalue weighted by Gasteiger charge is -2.30. The van der Waals surface area contributed by atoms with Gasteiger partial charge in [0.25, 0.3) is 5.91 Å². The zero-order valence-corrected chi connectivity index (χ0v) is 11.0. The highest BCUT2D eigenvalue weighted by atomic mass is 16.1. The number of fused-ring (bicyclic) bond motifs is 1. The molecule has 1 aromatic rings. The zero-order chi connectivity index (χ0) is 12.5. The number of benzene rings is 1. The minimum atomic E-state index is 0.120. The Morgan fingerprint density at radius 1 is 1.28 bits per heavy atom. The van der Waals surface area contributed by atoms with Crippen molar-refractivity contribution in [2.24, 2.45) is 5.92 Å². The van der Waals surface area contributed by atoms with Crippen LogP contribution in [0.25, 0.3) is 0 Å². The number of hydrogen-bond acceptors (Lipinski definition) is 1. The van der Waals surface area contributed by atoms with Crippen LogP contribution in [0.15, 0.2) is 18.2 Å². The van der Waals surface area contributed by atoms with Crippen molar-refractivity contribution >= 4 is 5.91 Å². The zero-order valence-electron chi connectivity index (χ0n) is 11.0. The van der Waals surface area contributed by atoms with Gasteiger partial charge in [0.2, 0.25) is 0 Å². The number of carbonyl (C=O) groups is 1. The number of hydrogen-bond donors (Lipinski definition) is 1. The Labute approximate surface area is 109 Å². The van der Waals surface area contributed by atoms with Gasteiger partial charge in [-0.05, 0) is 42.4 Å². The van der Waals surface area contributed by atoms with Gasteiger partial charge in [0.05, 0.1) is 0 Å². The number of amides is 1. The molecule has 1 saturated carbocycles. The highest BCUT2D eigenvalue weighted by Gasteiger charge is 2.32. The van der Waals surface area contributed by atoms with Crippen molar-refractivity contribution in [3.8, 4) is 0 Å². The summed E-state index contributed by atoms with van der Waals surface area (Å²) >= 11 is 0. The second kappa shape index (κ2) is 4.75. The molecule has 2 nitrogen and oxygen atoms in total. The van der Waals surface area contributed by atoms with Crippen LogP contribution in [0.1, 0.15) is 60.0 Å². The lowest BCUT2D eigenvalue weighted by molar-refractivity contribution is 0.0934. The summed E-state index contributed by atoms with van der Waals surface area (Å²) < 4.78 is 0. The molecule has 2 heteroatoms. The second-order valence-electron chi connectivity index (χ2n) is 5.64. The standard InChI is InChI=1S/C16H21NO/c1-2-11-7-8-13-14(9-11)16(18)17-10-15(13)12-5-3-4-6-12/h7-9,12,15H,2-6,10H2,1H3,(H,17,18). The SMILES string of the molecule is CCc1ccc2c(c1)C(=O)NCC2C1CCCC1. The molecule has 1 aromatic carbocycles. The molecule has 1 heterocycles. The fourth-order valence-electron chi connectivity index (χ4n) is 3.53. The third-order valence-corrected chi connectivity index (χ3v) is 4.62.